The van der Waals surface area contributed by atoms with E-state index in [9.17, 15) is 4.79 Å². The van der Waals surface area contributed by atoms with Gasteiger partial charge in [0.2, 0.25) is 0 Å². The fraction of sp³-hybridized carbons (Fsp3) is 0.200. The molecule has 0 aliphatic carbocycles. The van der Waals surface area contributed by atoms with Crippen molar-refractivity contribution in [2.75, 3.05) is 24.9 Å². The molecule has 0 aliphatic rings. The molecule has 1 aromatic heterocycles. The standard InChI is InChI=1S/C15H17N3O3/c1-10-6-7-16-14(8-10)18-15(19)17-11-4-5-12(20-2)13(9-11)21-3/h4-9H,1-3H3,(H2,16,17,18,19). The van der Waals surface area contributed by atoms with Crippen molar-refractivity contribution in [2.24, 2.45) is 0 Å². The lowest BCUT2D eigenvalue weighted by Crippen LogP contribution is -2.20. The van der Waals surface area contributed by atoms with Gasteiger partial charge in [0.05, 0.1) is 14.2 Å². The van der Waals surface area contributed by atoms with Crippen molar-refractivity contribution in [1.82, 2.24) is 4.98 Å². The number of hydrogen-bond donors (Lipinski definition) is 2. The van der Waals surface area contributed by atoms with Gasteiger partial charge in [0.15, 0.2) is 11.5 Å². The molecule has 0 unspecified atom stereocenters. The number of amides is 2. The summed E-state index contributed by atoms with van der Waals surface area (Å²) in [7, 11) is 3.10. The highest BCUT2D eigenvalue weighted by atomic mass is 16.5. The number of nitrogens with zero attached hydrogens (tertiary/aromatic N) is 1. The van der Waals surface area contributed by atoms with E-state index in [-0.39, 0.29) is 6.03 Å². The third-order valence-corrected chi connectivity index (χ3v) is 2.80. The van der Waals surface area contributed by atoms with Gasteiger partial charge in [-0.1, -0.05) is 0 Å². The summed E-state index contributed by atoms with van der Waals surface area (Å²) in [5, 5.41) is 5.37. The maximum Gasteiger partial charge on any atom is 0.324 e. The predicted octanol–water partition coefficient (Wildman–Crippen LogP) is 3.05. The molecule has 2 amide bonds. The largest absolute Gasteiger partial charge is 0.493 e. The third-order valence-electron chi connectivity index (χ3n) is 2.80. The van der Waals surface area contributed by atoms with Crippen LogP contribution in [0.2, 0.25) is 0 Å². The van der Waals surface area contributed by atoms with E-state index in [2.05, 4.69) is 15.6 Å². The number of methoxy groups -OCH3 is 2. The predicted molar refractivity (Wildman–Crippen MR) is 81.2 cm³/mol. The van der Waals surface area contributed by atoms with E-state index in [0.29, 0.717) is 23.0 Å². The van der Waals surface area contributed by atoms with Crippen LogP contribution < -0.4 is 20.1 Å². The Morgan fingerprint density at radius 3 is 2.48 bits per heavy atom. The van der Waals surface area contributed by atoms with Crippen molar-refractivity contribution in [1.29, 1.82) is 0 Å². The summed E-state index contributed by atoms with van der Waals surface area (Å²) in [6.07, 6.45) is 1.64. The van der Waals surface area contributed by atoms with Crippen molar-refractivity contribution in [3.8, 4) is 11.5 Å². The third kappa shape index (κ3) is 3.85. The second kappa shape index (κ2) is 6.60. The Hall–Kier alpha value is -2.76. The molecule has 0 saturated heterocycles. The van der Waals surface area contributed by atoms with Crippen molar-refractivity contribution in [3.63, 3.8) is 0 Å². The number of carbonyl (C=O) groups excluding carboxylic acids is 1. The molecule has 0 spiro atoms. The Kier molecular flexibility index (Phi) is 4.61. The fourth-order valence-electron chi connectivity index (χ4n) is 1.80. The summed E-state index contributed by atoms with van der Waals surface area (Å²) in [6, 6.07) is 8.40. The van der Waals surface area contributed by atoms with Gasteiger partial charge in [-0.3, -0.25) is 5.32 Å². The minimum Gasteiger partial charge on any atom is -0.493 e. The number of urea groups is 1. The summed E-state index contributed by atoms with van der Waals surface area (Å²) in [5.74, 6) is 1.64. The second-order valence-corrected chi connectivity index (χ2v) is 4.37. The van der Waals surface area contributed by atoms with E-state index < -0.39 is 0 Å². The molecule has 21 heavy (non-hydrogen) atoms. The van der Waals surface area contributed by atoms with E-state index in [1.165, 1.54) is 0 Å². The summed E-state index contributed by atoms with van der Waals surface area (Å²) in [5.41, 5.74) is 1.62. The van der Waals surface area contributed by atoms with Crippen LogP contribution in [0.1, 0.15) is 5.56 Å². The van der Waals surface area contributed by atoms with E-state index in [0.717, 1.165) is 5.56 Å². The maximum atomic E-state index is 11.9. The molecule has 110 valence electrons. The van der Waals surface area contributed by atoms with E-state index in [1.54, 1.807) is 44.7 Å². The van der Waals surface area contributed by atoms with Gasteiger partial charge in [0.1, 0.15) is 5.82 Å². The quantitative estimate of drug-likeness (QED) is 0.906. The zero-order valence-electron chi connectivity index (χ0n) is 12.1. The zero-order chi connectivity index (χ0) is 15.2. The van der Waals surface area contributed by atoms with Gasteiger partial charge < -0.3 is 14.8 Å². The molecule has 2 N–H and O–H groups in total. The SMILES string of the molecule is COc1ccc(NC(=O)Nc2cc(C)ccn2)cc1OC. The summed E-state index contributed by atoms with van der Waals surface area (Å²) < 4.78 is 10.3. The number of nitrogens with one attached hydrogen (secondary N) is 2. The minimum atomic E-state index is -0.375. The van der Waals surface area contributed by atoms with Crippen LogP contribution >= 0.6 is 0 Å². The lowest BCUT2D eigenvalue weighted by atomic mass is 10.2. The molecule has 0 saturated carbocycles. The highest BCUT2D eigenvalue weighted by molar-refractivity contribution is 5.99. The molecule has 0 bridgehead atoms. The van der Waals surface area contributed by atoms with Crippen molar-refractivity contribution in [2.45, 2.75) is 6.92 Å². The first kappa shape index (κ1) is 14.6. The van der Waals surface area contributed by atoms with Crippen LogP contribution in [0.3, 0.4) is 0 Å². The zero-order valence-corrected chi connectivity index (χ0v) is 12.1. The molecule has 0 radical (unpaired) electrons. The first-order valence-corrected chi connectivity index (χ1v) is 6.35. The van der Waals surface area contributed by atoms with E-state index in [4.69, 9.17) is 9.47 Å². The molecule has 1 heterocycles. The first-order valence-electron chi connectivity index (χ1n) is 6.35. The lowest BCUT2D eigenvalue weighted by Gasteiger charge is -2.11. The monoisotopic (exact) mass is 287 g/mol. The highest BCUT2D eigenvalue weighted by Gasteiger charge is 2.08. The van der Waals surface area contributed by atoms with Crippen LogP contribution in [0.25, 0.3) is 0 Å². The van der Waals surface area contributed by atoms with Crippen LogP contribution in [0.5, 0.6) is 11.5 Å². The summed E-state index contributed by atoms with van der Waals surface area (Å²) >= 11 is 0. The molecule has 0 aliphatic heterocycles. The van der Waals surface area contributed by atoms with Crippen LogP contribution in [0.4, 0.5) is 16.3 Å². The van der Waals surface area contributed by atoms with Crippen LogP contribution in [-0.4, -0.2) is 25.2 Å². The number of pyridine rings is 1. The average molecular weight is 287 g/mol. The van der Waals surface area contributed by atoms with Gasteiger partial charge >= 0.3 is 6.03 Å². The summed E-state index contributed by atoms with van der Waals surface area (Å²) in [4.78, 5) is 16.0. The number of ether oxygens (including phenoxy) is 2. The Morgan fingerprint density at radius 1 is 1.05 bits per heavy atom. The number of rotatable bonds is 4. The van der Waals surface area contributed by atoms with Crippen molar-refractivity contribution >= 4 is 17.5 Å². The van der Waals surface area contributed by atoms with Crippen LogP contribution in [0.15, 0.2) is 36.5 Å². The lowest BCUT2D eigenvalue weighted by molar-refractivity contribution is 0.262. The Labute approximate surface area is 123 Å². The van der Waals surface area contributed by atoms with Gasteiger partial charge in [0, 0.05) is 18.0 Å². The Morgan fingerprint density at radius 2 is 1.81 bits per heavy atom. The second-order valence-electron chi connectivity index (χ2n) is 4.37. The number of aromatic nitrogens is 1. The normalized spacial score (nSPS) is 9.86. The molecular formula is C15H17N3O3. The molecular weight excluding hydrogens is 270 g/mol. The van der Waals surface area contributed by atoms with Gasteiger partial charge in [-0.2, -0.15) is 0 Å². The van der Waals surface area contributed by atoms with Crippen LogP contribution in [-0.2, 0) is 0 Å². The van der Waals surface area contributed by atoms with Crippen LogP contribution in [0, 0.1) is 6.92 Å². The molecule has 0 fully saturated rings. The van der Waals surface area contributed by atoms with Gasteiger partial charge in [0.25, 0.3) is 0 Å². The van der Waals surface area contributed by atoms with Gasteiger partial charge in [-0.05, 0) is 36.8 Å². The molecule has 0 atom stereocenters. The molecule has 6 heteroatoms. The fourth-order valence-corrected chi connectivity index (χ4v) is 1.80. The number of aryl methyl sites for hydroxylation is 1. The topological polar surface area (TPSA) is 72.5 Å². The average Bonchev–Trinajstić information content (AvgIpc) is 2.47. The van der Waals surface area contributed by atoms with Crippen molar-refractivity contribution in [3.05, 3.63) is 42.1 Å². The first-order chi connectivity index (χ1) is 10.1. The van der Waals surface area contributed by atoms with E-state index in [1.807, 2.05) is 13.0 Å². The smallest absolute Gasteiger partial charge is 0.324 e. The number of anilines is 2. The van der Waals surface area contributed by atoms with Gasteiger partial charge in [-0.25, -0.2) is 9.78 Å². The molecule has 2 aromatic rings. The molecule has 6 nitrogen and oxygen atoms in total. The Balaban J connectivity index is 2.06. The van der Waals surface area contributed by atoms with Gasteiger partial charge in [-0.15, -0.1) is 0 Å². The van der Waals surface area contributed by atoms with Crippen molar-refractivity contribution < 1.29 is 14.3 Å². The number of benzene rings is 1. The number of carbonyl (C=O) groups is 1. The summed E-state index contributed by atoms with van der Waals surface area (Å²) in [6.45, 7) is 1.93. The Bertz CT molecular complexity index is 644. The van der Waals surface area contributed by atoms with E-state index >= 15 is 0 Å². The highest BCUT2D eigenvalue weighted by Crippen LogP contribution is 2.29. The number of hydrogen-bond acceptors (Lipinski definition) is 4. The molecule has 1 aromatic carbocycles. The molecule has 2 rings (SSSR count). The maximum absolute atomic E-state index is 11.9. The minimum absolute atomic E-state index is 0.375.